The fraction of sp³-hybridized carbons (Fsp3) is 0.615. The number of carbonyl (C=O) groups excluding carboxylic acids is 1. The molecule has 1 aliphatic rings. The lowest BCUT2D eigenvalue weighted by molar-refractivity contribution is -0.133. The van der Waals surface area contributed by atoms with Gasteiger partial charge in [0.2, 0.25) is 5.91 Å². The van der Waals surface area contributed by atoms with Crippen molar-refractivity contribution in [3.05, 3.63) is 21.9 Å². The number of aryl methyl sites for hydroxylation is 1. The molecule has 2 rings (SSSR count). The van der Waals surface area contributed by atoms with Crippen molar-refractivity contribution in [2.45, 2.75) is 51.7 Å². The van der Waals surface area contributed by atoms with Gasteiger partial charge in [-0.2, -0.15) is 0 Å². The number of nitrogens with zero attached hydrogens (tertiary/aromatic N) is 1. The van der Waals surface area contributed by atoms with Gasteiger partial charge < -0.3 is 10.6 Å². The van der Waals surface area contributed by atoms with Crippen molar-refractivity contribution in [3.8, 4) is 0 Å². The lowest BCUT2D eigenvalue weighted by atomic mass is 10.0. The molecule has 2 N–H and O–H groups in total. The van der Waals surface area contributed by atoms with Crippen molar-refractivity contribution in [2.75, 3.05) is 0 Å². The number of thiophene rings is 1. The SMILES string of the molecule is Cc1ccc(C2C(N)CC(=O)N2C(C)(C)C)s1. The molecule has 17 heavy (non-hydrogen) atoms. The lowest BCUT2D eigenvalue weighted by Gasteiger charge is -2.37. The van der Waals surface area contributed by atoms with Gasteiger partial charge in [0.15, 0.2) is 0 Å². The summed E-state index contributed by atoms with van der Waals surface area (Å²) in [5.74, 6) is 0.168. The molecule has 1 amide bonds. The summed E-state index contributed by atoms with van der Waals surface area (Å²) in [6.07, 6.45) is 0.457. The Bertz CT molecular complexity index is 433. The van der Waals surface area contributed by atoms with Crippen molar-refractivity contribution < 1.29 is 4.79 Å². The van der Waals surface area contributed by atoms with Crippen molar-refractivity contribution in [1.29, 1.82) is 0 Å². The number of amides is 1. The van der Waals surface area contributed by atoms with Gasteiger partial charge in [-0.1, -0.05) is 0 Å². The van der Waals surface area contributed by atoms with Crippen molar-refractivity contribution in [2.24, 2.45) is 5.73 Å². The zero-order valence-electron chi connectivity index (χ0n) is 10.9. The Kier molecular flexibility index (Phi) is 3.04. The predicted octanol–water partition coefficient (Wildman–Crippen LogP) is 2.46. The standard InChI is InChI=1S/C13H20N2OS/c1-8-5-6-10(17-8)12-9(14)7-11(16)15(12)13(2,3)4/h5-6,9,12H,7,14H2,1-4H3. The Morgan fingerprint density at radius 1 is 1.41 bits per heavy atom. The van der Waals surface area contributed by atoms with E-state index in [1.165, 1.54) is 9.75 Å². The van der Waals surface area contributed by atoms with E-state index in [-0.39, 0.29) is 23.5 Å². The number of rotatable bonds is 1. The summed E-state index contributed by atoms with van der Waals surface area (Å²) in [5.41, 5.74) is 5.97. The molecule has 1 saturated heterocycles. The highest BCUT2D eigenvalue weighted by atomic mass is 32.1. The van der Waals surface area contributed by atoms with Gasteiger partial charge in [-0.25, -0.2) is 0 Å². The van der Waals surface area contributed by atoms with Crippen LogP contribution in [0.5, 0.6) is 0 Å². The van der Waals surface area contributed by atoms with Gasteiger partial charge in [0.1, 0.15) is 0 Å². The molecular formula is C13H20N2OS. The summed E-state index contributed by atoms with van der Waals surface area (Å²) in [4.78, 5) is 16.5. The molecule has 0 bridgehead atoms. The zero-order chi connectivity index (χ0) is 12.8. The molecule has 94 valence electrons. The number of hydrogen-bond acceptors (Lipinski definition) is 3. The first-order chi connectivity index (χ1) is 7.80. The van der Waals surface area contributed by atoms with Gasteiger partial charge in [-0.3, -0.25) is 4.79 Å². The predicted molar refractivity (Wildman–Crippen MR) is 71.0 cm³/mol. The van der Waals surface area contributed by atoms with E-state index < -0.39 is 0 Å². The summed E-state index contributed by atoms with van der Waals surface area (Å²) in [5, 5.41) is 0. The minimum Gasteiger partial charge on any atom is -0.328 e. The van der Waals surface area contributed by atoms with Gasteiger partial charge in [0.25, 0.3) is 0 Å². The second-order valence-electron chi connectivity index (χ2n) is 5.70. The van der Waals surface area contributed by atoms with E-state index in [4.69, 9.17) is 5.73 Å². The Balaban J connectivity index is 2.39. The molecule has 1 aromatic rings. The third-order valence-corrected chi connectivity index (χ3v) is 4.21. The first kappa shape index (κ1) is 12.6. The van der Waals surface area contributed by atoms with E-state index in [9.17, 15) is 4.79 Å². The van der Waals surface area contributed by atoms with E-state index >= 15 is 0 Å². The number of nitrogens with two attached hydrogens (primary N) is 1. The van der Waals surface area contributed by atoms with Crippen LogP contribution in [-0.2, 0) is 4.79 Å². The highest BCUT2D eigenvalue weighted by Crippen LogP contribution is 2.39. The molecule has 0 spiro atoms. The molecule has 4 heteroatoms. The minimum absolute atomic E-state index is 0.0428. The second-order valence-corrected chi connectivity index (χ2v) is 7.02. The molecular weight excluding hydrogens is 232 g/mol. The maximum atomic E-state index is 12.1. The van der Waals surface area contributed by atoms with Crippen LogP contribution in [0.4, 0.5) is 0 Å². The van der Waals surface area contributed by atoms with Gasteiger partial charge in [0, 0.05) is 27.8 Å². The average Bonchev–Trinajstić information content (AvgIpc) is 2.68. The molecule has 2 atom stereocenters. The molecule has 0 aliphatic carbocycles. The molecule has 1 fully saturated rings. The van der Waals surface area contributed by atoms with E-state index in [2.05, 4.69) is 39.8 Å². The van der Waals surface area contributed by atoms with Crippen LogP contribution in [0, 0.1) is 6.92 Å². The van der Waals surface area contributed by atoms with Crippen LogP contribution in [-0.4, -0.2) is 22.4 Å². The maximum absolute atomic E-state index is 12.1. The second kappa shape index (κ2) is 4.10. The largest absolute Gasteiger partial charge is 0.328 e. The van der Waals surface area contributed by atoms with Gasteiger partial charge in [-0.15, -0.1) is 11.3 Å². The fourth-order valence-electron chi connectivity index (χ4n) is 2.50. The van der Waals surface area contributed by atoms with Crippen LogP contribution in [0.2, 0.25) is 0 Å². The summed E-state index contributed by atoms with van der Waals surface area (Å²) in [6, 6.07) is 4.15. The van der Waals surface area contributed by atoms with Crippen LogP contribution < -0.4 is 5.73 Å². The molecule has 0 aromatic carbocycles. The van der Waals surface area contributed by atoms with Gasteiger partial charge >= 0.3 is 0 Å². The summed E-state index contributed by atoms with van der Waals surface area (Å²) in [6.45, 7) is 8.28. The van der Waals surface area contributed by atoms with Crippen molar-refractivity contribution in [1.82, 2.24) is 4.90 Å². The fourth-order valence-corrected chi connectivity index (χ4v) is 3.55. The Morgan fingerprint density at radius 2 is 2.06 bits per heavy atom. The highest BCUT2D eigenvalue weighted by Gasteiger charge is 2.44. The Morgan fingerprint density at radius 3 is 2.53 bits per heavy atom. The van der Waals surface area contributed by atoms with E-state index in [0.29, 0.717) is 6.42 Å². The first-order valence-corrected chi connectivity index (χ1v) is 6.76. The van der Waals surface area contributed by atoms with Crippen LogP contribution >= 0.6 is 11.3 Å². The van der Waals surface area contributed by atoms with Crippen LogP contribution in [0.3, 0.4) is 0 Å². The minimum atomic E-state index is -0.173. The molecule has 3 nitrogen and oxygen atoms in total. The van der Waals surface area contributed by atoms with E-state index in [1.807, 2.05) is 4.90 Å². The quantitative estimate of drug-likeness (QED) is 0.834. The third-order valence-electron chi connectivity index (χ3n) is 3.14. The normalized spacial score (nSPS) is 25.7. The van der Waals surface area contributed by atoms with Crippen molar-refractivity contribution >= 4 is 17.2 Å². The first-order valence-electron chi connectivity index (χ1n) is 5.95. The monoisotopic (exact) mass is 252 g/mol. The zero-order valence-corrected chi connectivity index (χ0v) is 11.7. The number of likely N-dealkylation sites (tertiary alicyclic amines) is 1. The van der Waals surface area contributed by atoms with Crippen LogP contribution in [0.1, 0.15) is 43.0 Å². The molecule has 0 radical (unpaired) electrons. The maximum Gasteiger partial charge on any atom is 0.225 e. The molecule has 1 aromatic heterocycles. The molecule has 0 saturated carbocycles. The van der Waals surface area contributed by atoms with Crippen LogP contribution in [0.15, 0.2) is 12.1 Å². The Labute approximate surface area is 107 Å². The van der Waals surface area contributed by atoms with E-state index in [0.717, 1.165) is 0 Å². The van der Waals surface area contributed by atoms with Crippen molar-refractivity contribution in [3.63, 3.8) is 0 Å². The Hall–Kier alpha value is -0.870. The molecule has 2 heterocycles. The summed E-state index contributed by atoms with van der Waals surface area (Å²) >= 11 is 1.74. The smallest absolute Gasteiger partial charge is 0.225 e. The topological polar surface area (TPSA) is 46.3 Å². The summed E-state index contributed by atoms with van der Waals surface area (Å²) in [7, 11) is 0. The average molecular weight is 252 g/mol. The molecule has 2 unspecified atom stereocenters. The van der Waals surface area contributed by atoms with Gasteiger partial charge in [-0.05, 0) is 39.8 Å². The number of hydrogen-bond donors (Lipinski definition) is 1. The van der Waals surface area contributed by atoms with E-state index in [1.54, 1.807) is 11.3 Å². The number of carbonyl (C=O) groups is 1. The van der Waals surface area contributed by atoms with Gasteiger partial charge in [0.05, 0.1) is 6.04 Å². The lowest BCUT2D eigenvalue weighted by Crippen LogP contribution is -2.45. The summed E-state index contributed by atoms with van der Waals surface area (Å²) < 4.78 is 0. The third kappa shape index (κ3) is 2.24. The van der Waals surface area contributed by atoms with Crippen LogP contribution in [0.25, 0.3) is 0 Å². The highest BCUT2D eigenvalue weighted by molar-refractivity contribution is 7.12. The molecule has 1 aliphatic heterocycles.